The number of rotatable bonds is 6. The van der Waals surface area contributed by atoms with Crippen LogP contribution >= 0.6 is 0 Å². The van der Waals surface area contributed by atoms with E-state index in [4.69, 9.17) is 4.74 Å². The third kappa shape index (κ3) is 3.83. The molecule has 0 aliphatic carbocycles. The molecule has 0 aliphatic heterocycles. The minimum Gasteiger partial charge on any atom is -0.468 e. The van der Waals surface area contributed by atoms with Crippen molar-refractivity contribution >= 4 is 17.3 Å². The van der Waals surface area contributed by atoms with Crippen molar-refractivity contribution < 1.29 is 9.53 Å². The van der Waals surface area contributed by atoms with Crippen molar-refractivity contribution in [1.29, 1.82) is 0 Å². The molecule has 0 fully saturated rings. The number of methoxy groups -OCH3 is 1. The predicted octanol–water partition coefficient (Wildman–Crippen LogP) is 3.28. The number of benzene rings is 2. The van der Waals surface area contributed by atoms with Crippen molar-refractivity contribution in [3.8, 4) is 0 Å². The highest BCUT2D eigenvalue weighted by Crippen LogP contribution is 2.23. The smallest absolute Gasteiger partial charge is 0.324 e. The molecule has 1 N–H and O–H groups in total. The van der Waals surface area contributed by atoms with Crippen molar-refractivity contribution in [2.75, 3.05) is 12.1 Å². The van der Waals surface area contributed by atoms with Crippen molar-refractivity contribution in [2.45, 2.75) is 19.4 Å². The van der Waals surface area contributed by atoms with Gasteiger partial charge in [-0.05, 0) is 30.7 Å². The number of hydrazine groups is 1. The number of ether oxygens (including phenoxy) is 1. The van der Waals surface area contributed by atoms with Crippen LogP contribution in [0.4, 0.5) is 11.4 Å². The Morgan fingerprint density at radius 1 is 1.05 bits per heavy atom. The normalized spacial score (nSPS) is 11.7. The lowest BCUT2D eigenvalue weighted by Crippen LogP contribution is -2.46. The average molecular weight is 284 g/mol. The van der Waals surface area contributed by atoms with Gasteiger partial charge in [0.25, 0.3) is 0 Å². The lowest BCUT2D eigenvalue weighted by atomic mass is 10.2. The summed E-state index contributed by atoms with van der Waals surface area (Å²) < 4.78 is 4.85. The van der Waals surface area contributed by atoms with Gasteiger partial charge in [-0.2, -0.15) is 0 Å². The van der Waals surface area contributed by atoms with Gasteiger partial charge in [0.15, 0.2) is 0 Å². The third-order valence-corrected chi connectivity index (χ3v) is 3.21. The van der Waals surface area contributed by atoms with E-state index in [-0.39, 0.29) is 5.97 Å². The molecule has 4 heteroatoms. The first kappa shape index (κ1) is 15.1. The zero-order valence-electron chi connectivity index (χ0n) is 12.3. The van der Waals surface area contributed by atoms with Crippen LogP contribution in [0.25, 0.3) is 0 Å². The van der Waals surface area contributed by atoms with Crippen LogP contribution in [-0.4, -0.2) is 19.1 Å². The molecule has 2 aromatic carbocycles. The van der Waals surface area contributed by atoms with E-state index in [1.54, 1.807) is 0 Å². The molecule has 0 saturated heterocycles. The Balaban J connectivity index is 2.31. The molecule has 2 aromatic rings. The summed E-state index contributed by atoms with van der Waals surface area (Å²) in [6.45, 7) is 1.95. The number of hydrogen-bond acceptors (Lipinski definition) is 4. The predicted molar refractivity (Wildman–Crippen MR) is 84.3 cm³/mol. The van der Waals surface area contributed by atoms with Crippen LogP contribution in [0, 0.1) is 0 Å². The number of para-hydroxylation sites is 2. The Kier molecular flexibility index (Phi) is 5.35. The number of esters is 1. The summed E-state index contributed by atoms with van der Waals surface area (Å²) in [5.74, 6) is -0.269. The highest BCUT2D eigenvalue weighted by atomic mass is 16.5. The summed E-state index contributed by atoms with van der Waals surface area (Å²) in [7, 11) is 1.40. The van der Waals surface area contributed by atoms with Crippen LogP contribution in [0.2, 0.25) is 0 Å². The molecule has 0 bridgehead atoms. The van der Waals surface area contributed by atoms with E-state index in [0.29, 0.717) is 6.42 Å². The maximum atomic E-state index is 11.8. The first-order chi connectivity index (χ1) is 10.3. The molecular formula is C17H20N2O2. The molecule has 1 atom stereocenters. The molecule has 0 heterocycles. The van der Waals surface area contributed by atoms with E-state index in [1.807, 2.05) is 72.6 Å². The van der Waals surface area contributed by atoms with Gasteiger partial charge in [-0.25, -0.2) is 5.43 Å². The molecule has 0 amide bonds. The Morgan fingerprint density at radius 2 is 1.52 bits per heavy atom. The molecule has 21 heavy (non-hydrogen) atoms. The fourth-order valence-corrected chi connectivity index (χ4v) is 2.06. The standard InChI is InChI=1S/C17H20N2O2/c1-3-16(17(20)21-2)18-19(14-10-6-4-7-11-14)15-12-8-5-9-13-15/h4-13,16,18H,3H2,1-2H3. The Hall–Kier alpha value is -2.33. The molecule has 0 radical (unpaired) electrons. The van der Waals surface area contributed by atoms with E-state index >= 15 is 0 Å². The summed E-state index contributed by atoms with van der Waals surface area (Å²) in [5.41, 5.74) is 5.17. The highest BCUT2D eigenvalue weighted by molar-refractivity contribution is 5.76. The van der Waals surface area contributed by atoms with Gasteiger partial charge < -0.3 is 4.74 Å². The summed E-state index contributed by atoms with van der Waals surface area (Å²) in [4.78, 5) is 11.8. The second-order valence-corrected chi connectivity index (χ2v) is 4.62. The molecule has 2 rings (SSSR count). The van der Waals surface area contributed by atoms with Crippen molar-refractivity contribution in [3.63, 3.8) is 0 Å². The zero-order valence-corrected chi connectivity index (χ0v) is 12.3. The number of anilines is 2. The van der Waals surface area contributed by atoms with Gasteiger partial charge in [0, 0.05) is 0 Å². The van der Waals surface area contributed by atoms with Crippen molar-refractivity contribution in [2.24, 2.45) is 0 Å². The van der Waals surface area contributed by atoms with E-state index in [9.17, 15) is 4.79 Å². The van der Waals surface area contributed by atoms with Crippen LogP contribution in [0.3, 0.4) is 0 Å². The van der Waals surface area contributed by atoms with Gasteiger partial charge in [-0.15, -0.1) is 0 Å². The fraction of sp³-hybridized carbons (Fsp3) is 0.235. The average Bonchev–Trinajstić information content (AvgIpc) is 2.57. The molecule has 110 valence electrons. The van der Waals surface area contributed by atoms with Crippen LogP contribution in [0.15, 0.2) is 60.7 Å². The number of nitrogens with zero attached hydrogens (tertiary/aromatic N) is 1. The van der Waals surface area contributed by atoms with Gasteiger partial charge in [-0.3, -0.25) is 9.80 Å². The van der Waals surface area contributed by atoms with E-state index < -0.39 is 6.04 Å². The van der Waals surface area contributed by atoms with Crippen molar-refractivity contribution in [1.82, 2.24) is 5.43 Å². The zero-order chi connectivity index (χ0) is 15.1. The Bertz CT molecular complexity index is 518. The lowest BCUT2D eigenvalue weighted by Gasteiger charge is -2.29. The van der Waals surface area contributed by atoms with Crippen LogP contribution < -0.4 is 10.4 Å². The lowest BCUT2D eigenvalue weighted by molar-refractivity contribution is -0.143. The quantitative estimate of drug-likeness (QED) is 0.653. The summed E-state index contributed by atoms with van der Waals surface area (Å²) >= 11 is 0. The molecule has 0 spiro atoms. The number of nitrogens with one attached hydrogen (secondary N) is 1. The number of hydrogen-bond donors (Lipinski definition) is 1. The highest BCUT2D eigenvalue weighted by Gasteiger charge is 2.21. The molecule has 0 aliphatic rings. The first-order valence-corrected chi connectivity index (χ1v) is 7.00. The van der Waals surface area contributed by atoms with Crippen LogP contribution in [0.1, 0.15) is 13.3 Å². The van der Waals surface area contributed by atoms with Crippen LogP contribution in [-0.2, 0) is 9.53 Å². The monoisotopic (exact) mass is 284 g/mol. The maximum absolute atomic E-state index is 11.8. The molecule has 0 aromatic heterocycles. The Labute approximate surface area is 125 Å². The molecule has 1 unspecified atom stereocenters. The van der Waals surface area contributed by atoms with Gasteiger partial charge in [0.2, 0.25) is 0 Å². The summed E-state index contributed by atoms with van der Waals surface area (Å²) in [6.07, 6.45) is 0.642. The minimum atomic E-state index is -0.393. The number of carbonyl (C=O) groups excluding carboxylic acids is 1. The van der Waals surface area contributed by atoms with E-state index in [0.717, 1.165) is 11.4 Å². The second kappa shape index (κ2) is 7.45. The minimum absolute atomic E-state index is 0.269. The van der Waals surface area contributed by atoms with Gasteiger partial charge >= 0.3 is 5.97 Å². The fourth-order valence-electron chi connectivity index (χ4n) is 2.06. The maximum Gasteiger partial charge on any atom is 0.324 e. The first-order valence-electron chi connectivity index (χ1n) is 7.00. The summed E-state index contributed by atoms with van der Waals surface area (Å²) in [6, 6.07) is 19.3. The third-order valence-electron chi connectivity index (χ3n) is 3.21. The Morgan fingerprint density at radius 3 is 1.90 bits per heavy atom. The molecular weight excluding hydrogens is 264 g/mol. The van der Waals surface area contributed by atoms with Crippen molar-refractivity contribution in [3.05, 3.63) is 60.7 Å². The summed E-state index contributed by atoms with van der Waals surface area (Å²) in [5, 5.41) is 1.91. The largest absolute Gasteiger partial charge is 0.468 e. The number of carbonyl (C=O) groups is 1. The molecule has 4 nitrogen and oxygen atoms in total. The second-order valence-electron chi connectivity index (χ2n) is 4.62. The van der Waals surface area contributed by atoms with Gasteiger partial charge in [-0.1, -0.05) is 43.3 Å². The SMILES string of the molecule is CCC(NN(c1ccccc1)c1ccccc1)C(=O)OC. The topological polar surface area (TPSA) is 41.6 Å². The van der Waals surface area contributed by atoms with Gasteiger partial charge in [0.05, 0.1) is 18.5 Å². The van der Waals surface area contributed by atoms with E-state index in [1.165, 1.54) is 7.11 Å². The van der Waals surface area contributed by atoms with Crippen LogP contribution in [0.5, 0.6) is 0 Å². The molecule has 0 saturated carbocycles. The van der Waals surface area contributed by atoms with E-state index in [2.05, 4.69) is 5.43 Å². The van der Waals surface area contributed by atoms with Gasteiger partial charge in [0.1, 0.15) is 6.04 Å².